The Bertz CT molecular complexity index is 2230. The van der Waals surface area contributed by atoms with Gasteiger partial charge in [-0.2, -0.15) is 4.31 Å². The lowest BCUT2D eigenvalue weighted by Gasteiger charge is -2.30. The molecule has 2 aliphatic carbocycles. The number of nitrogens with zero attached hydrogens (tertiary/aromatic N) is 3. The molecule has 1 heterocycles. The Morgan fingerprint density at radius 2 is 1.63 bits per heavy atom. The summed E-state index contributed by atoms with van der Waals surface area (Å²) in [5, 5.41) is 9.78. The summed E-state index contributed by atoms with van der Waals surface area (Å²) in [7, 11) is -5.32. The van der Waals surface area contributed by atoms with Crippen LogP contribution in [0, 0.1) is 30.2 Å². The molecule has 1 amide bonds. The summed E-state index contributed by atoms with van der Waals surface area (Å²) < 4.78 is 93.0. The third kappa shape index (κ3) is 8.32. The predicted molar refractivity (Wildman–Crippen MR) is 196 cm³/mol. The number of carboxylic acids is 1. The van der Waals surface area contributed by atoms with Crippen LogP contribution in [0.2, 0.25) is 0 Å². The van der Waals surface area contributed by atoms with E-state index in [1.165, 1.54) is 41.4 Å². The molecule has 0 bridgehead atoms. The van der Waals surface area contributed by atoms with Crippen LogP contribution in [0.25, 0.3) is 0 Å². The molecule has 286 valence electrons. The molecule has 0 saturated heterocycles. The van der Waals surface area contributed by atoms with Crippen LogP contribution in [0.4, 0.5) is 23.2 Å². The van der Waals surface area contributed by atoms with Gasteiger partial charge < -0.3 is 14.7 Å². The highest BCUT2D eigenvalue weighted by Gasteiger charge is 2.39. The van der Waals surface area contributed by atoms with Gasteiger partial charge >= 0.3 is 5.97 Å². The maximum atomic E-state index is 15.4. The molecular weight excluding hydrogens is 794 g/mol. The molecule has 9 nitrogen and oxygen atoms in total. The Hall–Kier alpha value is -4.34. The van der Waals surface area contributed by atoms with Gasteiger partial charge in [-0.1, -0.05) is 45.0 Å². The van der Waals surface area contributed by atoms with Crippen molar-refractivity contribution in [1.82, 2.24) is 9.29 Å². The summed E-state index contributed by atoms with van der Waals surface area (Å²) in [5.41, 5.74) is 3.19. The molecule has 0 atom stereocenters. The minimum Gasteiger partial charge on any atom is -0.488 e. The number of sulfonamides is 1. The number of benzene rings is 3. The topological polar surface area (TPSA) is 117 Å². The third-order valence-electron chi connectivity index (χ3n) is 9.43. The van der Waals surface area contributed by atoms with E-state index in [0.717, 1.165) is 24.0 Å². The SMILES string of the molecule is Cc1ncccc1CN(CC(=O)N(Cc1cc(C2CC2)cc(C(C)(C)C)c1)c1ccc(C(=O)O)cc1OC1CC1)S(=O)(=O)c1c(F)c(F)c(F)c(F)c1Br. The first-order valence-electron chi connectivity index (χ1n) is 17.3. The first-order chi connectivity index (χ1) is 25.4. The highest BCUT2D eigenvalue weighted by molar-refractivity contribution is 9.10. The van der Waals surface area contributed by atoms with Gasteiger partial charge in [0, 0.05) is 18.4 Å². The standard InChI is InChI=1S/C39H38BrF4N3O6S/c1-21-25(6-5-13-45-21)19-46(54(51,52)37-32(40)33(41)34(42)35(43)36(37)44)20-31(48)47(29-12-9-24(38(49)50)17-30(29)53-28-10-11-28)18-22-14-26(23-7-8-23)16-27(15-22)39(2,3)4/h5-6,9,12-17,23,28H,7-8,10-11,18-20H2,1-4H3,(H,49,50). The Morgan fingerprint density at radius 1 is 0.944 bits per heavy atom. The van der Waals surface area contributed by atoms with Gasteiger partial charge in [0.2, 0.25) is 15.9 Å². The van der Waals surface area contributed by atoms with E-state index in [9.17, 15) is 36.3 Å². The zero-order valence-corrected chi connectivity index (χ0v) is 32.3. The fraction of sp³-hybridized carbons (Fsp3) is 0.359. The van der Waals surface area contributed by atoms with Crippen molar-refractivity contribution in [3.05, 3.63) is 116 Å². The average molecular weight is 833 g/mol. The Labute approximate surface area is 319 Å². The number of anilines is 1. The molecule has 0 unspecified atom stereocenters. The lowest BCUT2D eigenvalue weighted by molar-refractivity contribution is -0.119. The maximum absolute atomic E-state index is 15.4. The van der Waals surface area contributed by atoms with E-state index in [0.29, 0.717) is 34.3 Å². The first kappa shape index (κ1) is 39.4. The van der Waals surface area contributed by atoms with Gasteiger partial charge in [-0.15, -0.1) is 0 Å². The zero-order valence-electron chi connectivity index (χ0n) is 29.9. The number of pyridine rings is 1. The molecule has 2 fully saturated rings. The second-order valence-corrected chi connectivity index (χ2v) is 17.4. The number of halogens is 5. The van der Waals surface area contributed by atoms with Crippen molar-refractivity contribution < 1.29 is 45.4 Å². The molecule has 3 aromatic carbocycles. The van der Waals surface area contributed by atoms with Crippen LogP contribution in [-0.2, 0) is 33.3 Å². The second-order valence-electron chi connectivity index (χ2n) is 14.7. The summed E-state index contributed by atoms with van der Waals surface area (Å²) in [5.74, 6) is -10.4. The quantitative estimate of drug-likeness (QED) is 0.0816. The fourth-order valence-corrected chi connectivity index (χ4v) is 8.43. The van der Waals surface area contributed by atoms with Gasteiger partial charge in [-0.3, -0.25) is 9.78 Å². The van der Waals surface area contributed by atoms with Gasteiger partial charge in [0.1, 0.15) is 10.6 Å². The van der Waals surface area contributed by atoms with Crippen molar-refractivity contribution in [2.75, 3.05) is 11.4 Å². The molecule has 1 N–H and O–H groups in total. The van der Waals surface area contributed by atoms with E-state index in [1.54, 1.807) is 6.92 Å². The fourth-order valence-electron chi connectivity index (χ4n) is 5.99. The van der Waals surface area contributed by atoms with Gasteiger partial charge in [0.05, 0.1) is 34.9 Å². The Kier molecular flexibility index (Phi) is 11.0. The van der Waals surface area contributed by atoms with Crippen molar-refractivity contribution in [3.63, 3.8) is 0 Å². The monoisotopic (exact) mass is 831 g/mol. The van der Waals surface area contributed by atoms with Crippen molar-refractivity contribution in [2.24, 2.45) is 0 Å². The van der Waals surface area contributed by atoms with Crippen LogP contribution in [0.5, 0.6) is 5.75 Å². The smallest absolute Gasteiger partial charge is 0.335 e. The van der Waals surface area contributed by atoms with Crippen LogP contribution in [0.1, 0.15) is 90.7 Å². The number of carbonyl (C=O) groups is 2. The van der Waals surface area contributed by atoms with Crippen molar-refractivity contribution in [1.29, 1.82) is 0 Å². The lowest BCUT2D eigenvalue weighted by Crippen LogP contribution is -2.43. The number of carbonyl (C=O) groups excluding carboxylic acids is 1. The van der Waals surface area contributed by atoms with Crippen molar-refractivity contribution in [2.45, 2.75) is 88.8 Å². The van der Waals surface area contributed by atoms with Crippen LogP contribution in [-0.4, -0.2) is 47.3 Å². The number of carboxylic acid groups (broad SMARTS) is 1. The molecule has 4 aromatic rings. The summed E-state index contributed by atoms with van der Waals surface area (Å²) in [6.07, 6.45) is 4.63. The van der Waals surface area contributed by atoms with Crippen LogP contribution >= 0.6 is 15.9 Å². The normalized spacial score (nSPS) is 14.7. The number of aromatic nitrogens is 1. The molecule has 6 rings (SSSR count). The van der Waals surface area contributed by atoms with Crippen LogP contribution in [0.3, 0.4) is 0 Å². The number of hydrogen-bond donors (Lipinski definition) is 1. The number of aryl methyl sites for hydroxylation is 1. The molecule has 0 radical (unpaired) electrons. The number of aromatic carboxylic acids is 1. The molecular formula is C39H38BrF4N3O6S. The molecule has 54 heavy (non-hydrogen) atoms. The number of rotatable bonds is 13. The van der Waals surface area contributed by atoms with E-state index < -0.39 is 67.6 Å². The van der Waals surface area contributed by atoms with Gasteiger partial charge in [0.15, 0.2) is 23.3 Å². The minimum absolute atomic E-state index is 0.0779. The lowest BCUT2D eigenvalue weighted by atomic mass is 9.84. The predicted octanol–water partition coefficient (Wildman–Crippen LogP) is 8.55. The summed E-state index contributed by atoms with van der Waals surface area (Å²) in [6.45, 7) is 6.03. The summed E-state index contributed by atoms with van der Waals surface area (Å²) >= 11 is 2.60. The van der Waals surface area contributed by atoms with E-state index in [-0.39, 0.29) is 40.6 Å². The summed E-state index contributed by atoms with van der Waals surface area (Å²) in [4.78, 5) is 30.7. The highest BCUT2D eigenvalue weighted by atomic mass is 79.9. The number of ether oxygens (including phenoxy) is 1. The highest BCUT2D eigenvalue weighted by Crippen LogP contribution is 2.43. The zero-order chi connectivity index (χ0) is 39.3. The third-order valence-corrected chi connectivity index (χ3v) is 12.3. The Balaban J connectivity index is 1.50. The summed E-state index contributed by atoms with van der Waals surface area (Å²) in [6, 6.07) is 13.1. The molecule has 0 aliphatic heterocycles. The van der Waals surface area contributed by atoms with E-state index in [2.05, 4.69) is 47.8 Å². The second kappa shape index (κ2) is 15.1. The van der Waals surface area contributed by atoms with Gasteiger partial charge in [-0.25, -0.2) is 30.8 Å². The van der Waals surface area contributed by atoms with Gasteiger partial charge in [0.25, 0.3) is 0 Å². The first-order valence-corrected chi connectivity index (χ1v) is 19.5. The van der Waals surface area contributed by atoms with Crippen LogP contribution in [0.15, 0.2) is 64.1 Å². The minimum atomic E-state index is -5.32. The number of amides is 1. The average Bonchev–Trinajstić information content (AvgIpc) is 4.05. The molecule has 15 heteroatoms. The number of hydrogen-bond acceptors (Lipinski definition) is 6. The molecule has 1 aromatic heterocycles. The van der Waals surface area contributed by atoms with E-state index >= 15 is 4.39 Å². The molecule has 2 aliphatic rings. The van der Waals surface area contributed by atoms with E-state index in [1.807, 2.05) is 12.1 Å². The maximum Gasteiger partial charge on any atom is 0.335 e. The van der Waals surface area contributed by atoms with E-state index in [4.69, 9.17) is 4.74 Å². The van der Waals surface area contributed by atoms with Crippen molar-refractivity contribution in [3.8, 4) is 5.75 Å². The van der Waals surface area contributed by atoms with Gasteiger partial charge in [-0.05, 0) is 106 Å². The van der Waals surface area contributed by atoms with Crippen molar-refractivity contribution >= 4 is 43.5 Å². The largest absolute Gasteiger partial charge is 0.488 e. The Morgan fingerprint density at radius 3 is 2.24 bits per heavy atom. The molecule has 2 saturated carbocycles. The van der Waals surface area contributed by atoms with Crippen LogP contribution < -0.4 is 9.64 Å². The molecule has 0 spiro atoms.